The van der Waals surface area contributed by atoms with Gasteiger partial charge in [-0.15, -0.1) is 0 Å². The monoisotopic (exact) mass is 321 g/mol. The molecule has 0 aliphatic carbocycles. The lowest BCUT2D eigenvalue weighted by Gasteiger charge is -2.14. The molecule has 0 fully saturated rings. The molecule has 0 aromatic heterocycles. The summed E-state index contributed by atoms with van der Waals surface area (Å²) in [6, 6.07) is 15.3. The second-order valence-electron chi connectivity index (χ2n) is 4.15. The van der Waals surface area contributed by atoms with Crippen molar-refractivity contribution in [2.75, 3.05) is 19.0 Å². The number of aliphatic hydroxyl groups excluding tert-OH is 1. The number of aliphatic hydroxyl groups is 1. The Kier molecular flexibility index (Phi) is 4.82. The molecule has 2 N–H and O–H groups in total. The van der Waals surface area contributed by atoms with Crippen LogP contribution in [-0.2, 0) is 0 Å². The topological polar surface area (TPSA) is 41.5 Å². The smallest absolute Gasteiger partial charge is 0.119 e. The lowest BCUT2D eigenvalue weighted by atomic mass is 10.1. The molecule has 0 amide bonds. The first kappa shape index (κ1) is 13.9. The van der Waals surface area contributed by atoms with E-state index in [0.29, 0.717) is 6.54 Å². The summed E-state index contributed by atoms with van der Waals surface area (Å²) in [5, 5.41) is 13.4. The highest BCUT2D eigenvalue weighted by Crippen LogP contribution is 2.23. The standard InChI is InChI=1S/C15H16BrNO2/c1-19-12-6-4-5-11(9-12)15(18)10-17-14-8-3-2-7-13(14)16/h2-9,15,17-18H,10H2,1H3. The van der Waals surface area contributed by atoms with Crippen molar-refractivity contribution in [1.82, 2.24) is 0 Å². The van der Waals surface area contributed by atoms with Crippen LogP contribution in [0, 0.1) is 0 Å². The summed E-state index contributed by atoms with van der Waals surface area (Å²) in [6.45, 7) is 0.440. The van der Waals surface area contributed by atoms with Crippen LogP contribution in [0.2, 0.25) is 0 Å². The van der Waals surface area contributed by atoms with Crippen LogP contribution in [0.4, 0.5) is 5.69 Å². The van der Waals surface area contributed by atoms with Gasteiger partial charge < -0.3 is 15.2 Å². The average Bonchev–Trinajstić information content (AvgIpc) is 2.46. The van der Waals surface area contributed by atoms with Crippen molar-refractivity contribution in [2.24, 2.45) is 0 Å². The molecule has 0 radical (unpaired) electrons. The Balaban J connectivity index is 2.01. The number of methoxy groups -OCH3 is 1. The number of para-hydroxylation sites is 1. The van der Waals surface area contributed by atoms with Gasteiger partial charge in [0.25, 0.3) is 0 Å². The van der Waals surface area contributed by atoms with Crippen molar-refractivity contribution in [2.45, 2.75) is 6.10 Å². The Morgan fingerprint density at radius 3 is 2.74 bits per heavy atom. The summed E-state index contributed by atoms with van der Waals surface area (Å²) in [4.78, 5) is 0. The third kappa shape index (κ3) is 3.72. The molecule has 3 nitrogen and oxygen atoms in total. The van der Waals surface area contributed by atoms with E-state index in [2.05, 4.69) is 21.2 Å². The van der Waals surface area contributed by atoms with E-state index in [1.165, 1.54) is 0 Å². The van der Waals surface area contributed by atoms with Gasteiger partial charge in [0.2, 0.25) is 0 Å². The van der Waals surface area contributed by atoms with Crippen molar-refractivity contribution in [3.05, 3.63) is 58.6 Å². The molecule has 100 valence electrons. The predicted molar refractivity (Wildman–Crippen MR) is 80.6 cm³/mol. The van der Waals surface area contributed by atoms with Crippen LogP contribution in [0.15, 0.2) is 53.0 Å². The third-order valence-corrected chi connectivity index (χ3v) is 3.53. The highest BCUT2D eigenvalue weighted by Gasteiger charge is 2.08. The van der Waals surface area contributed by atoms with Crippen molar-refractivity contribution >= 4 is 21.6 Å². The first-order valence-electron chi connectivity index (χ1n) is 6.01. The van der Waals surface area contributed by atoms with Crippen molar-refractivity contribution in [3.63, 3.8) is 0 Å². The maximum atomic E-state index is 10.2. The zero-order valence-electron chi connectivity index (χ0n) is 10.6. The number of rotatable bonds is 5. The molecule has 0 aliphatic heterocycles. The summed E-state index contributed by atoms with van der Waals surface area (Å²) in [7, 11) is 1.62. The highest BCUT2D eigenvalue weighted by atomic mass is 79.9. The summed E-state index contributed by atoms with van der Waals surface area (Å²) in [6.07, 6.45) is -0.581. The van der Waals surface area contributed by atoms with E-state index < -0.39 is 6.10 Å². The lowest BCUT2D eigenvalue weighted by molar-refractivity contribution is 0.191. The van der Waals surface area contributed by atoms with Crippen LogP contribution >= 0.6 is 15.9 Å². The molecule has 0 bridgehead atoms. The van der Waals surface area contributed by atoms with Gasteiger partial charge >= 0.3 is 0 Å². The molecule has 19 heavy (non-hydrogen) atoms. The number of halogens is 1. The largest absolute Gasteiger partial charge is 0.497 e. The second kappa shape index (κ2) is 6.59. The number of hydrogen-bond donors (Lipinski definition) is 2. The minimum atomic E-state index is -0.581. The molecule has 1 unspecified atom stereocenters. The first-order valence-corrected chi connectivity index (χ1v) is 6.80. The molecule has 2 aromatic carbocycles. The molecule has 0 saturated carbocycles. The minimum absolute atomic E-state index is 0.440. The van der Waals surface area contributed by atoms with Gasteiger partial charge in [0.05, 0.1) is 13.2 Å². The van der Waals surface area contributed by atoms with Crippen LogP contribution in [0.25, 0.3) is 0 Å². The van der Waals surface area contributed by atoms with E-state index in [4.69, 9.17) is 4.74 Å². The molecule has 0 saturated heterocycles. The van der Waals surface area contributed by atoms with Gasteiger partial charge in [-0.3, -0.25) is 0 Å². The molecule has 4 heteroatoms. The lowest BCUT2D eigenvalue weighted by Crippen LogP contribution is -2.12. The molecular formula is C15H16BrNO2. The van der Waals surface area contributed by atoms with Crippen molar-refractivity contribution in [1.29, 1.82) is 0 Å². The van der Waals surface area contributed by atoms with E-state index in [1.54, 1.807) is 7.11 Å². The summed E-state index contributed by atoms with van der Waals surface area (Å²) >= 11 is 3.46. The zero-order chi connectivity index (χ0) is 13.7. The Morgan fingerprint density at radius 1 is 1.21 bits per heavy atom. The van der Waals surface area contributed by atoms with Crippen molar-refractivity contribution < 1.29 is 9.84 Å². The molecule has 0 aliphatic rings. The Labute approximate surface area is 121 Å². The fourth-order valence-electron chi connectivity index (χ4n) is 1.78. The Hall–Kier alpha value is -1.52. The van der Waals surface area contributed by atoms with Gasteiger partial charge in [-0.2, -0.15) is 0 Å². The quantitative estimate of drug-likeness (QED) is 0.884. The third-order valence-electron chi connectivity index (χ3n) is 2.84. The normalized spacial score (nSPS) is 11.9. The van der Waals surface area contributed by atoms with Gasteiger partial charge in [0.1, 0.15) is 5.75 Å². The average molecular weight is 322 g/mol. The number of nitrogens with one attached hydrogen (secondary N) is 1. The maximum Gasteiger partial charge on any atom is 0.119 e. The van der Waals surface area contributed by atoms with E-state index in [0.717, 1.165) is 21.5 Å². The van der Waals surface area contributed by atoms with Crippen LogP contribution in [-0.4, -0.2) is 18.8 Å². The molecule has 2 aromatic rings. The number of anilines is 1. The molecule has 1 atom stereocenters. The predicted octanol–water partition coefficient (Wildman–Crippen LogP) is 3.60. The van der Waals surface area contributed by atoms with E-state index in [9.17, 15) is 5.11 Å². The van der Waals surface area contributed by atoms with E-state index >= 15 is 0 Å². The number of hydrogen-bond acceptors (Lipinski definition) is 3. The Bertz CT molecular complexity index is 545. The summed E-state index contributed by atoms with van der Waals surface area (Å²) in [5.74, 6) is 0.748. The van der Waals surface area contributed by atoms with Gasteiger partial charge in [0, 0.05) is 16.7 Å². The second-order valence-corrected chi connectivity index (χ2v) is 5.01. The first-order chi connectivity index (χ1) is 9.20. The van der Waals surface area contributed by atoms with Gasteiger partial charge in [-0.05, 0) is 45.8 Å². The van der Waals surface area contributed by atoms with Gasteiger partial charge in [0.15, 0.2) is 0 Å². The van der Waals surface area contributed by atoms with Crippen LogP contribution < -0.4 is 10.1 Å². The summed E-state index contributed by atoms with van der Waals surface area (Å²) in [5.41, 5.74) is 1.79. The van der Waals surface area contributed by atoms with E-state index in [-0.39, 0.29) is 0 Å². The zero-order valence-corrected chi connectivity index (χ0v) is 12.2. The maximum absolute atomic E-state index is 10.2. The van der Waals surface area contributed by atoms with Gasteiger partial charge in [-0.1, -0.05) is 24.3 Å². The van der Waals surface area contributed by atoms with Crippen molar-refractivity contribution in [3.8, 4) is 5.75 Å². The fourth-order valence-corrected chi connectivity index (χ4v) is 2.20. The molecule has 2 rings (SSSR count). The SMILES string of the molecule is COc1cccc(C(O)CNc2ccccc2Br)c1. The van der Waals surface area contributed by atoms with E-state index in [1.807, 2.05) is 48.5 Å². The van der Waals surface area contributed by atoms with Gasteiger partial charge in [-0.25, -0.2) is 0 Å². The Morgan fingerprint density at radius 2 is 2.00 bits per heavy atom. The minimum Gasteiger partial charge on any atom is -0.497 e. The molecular weight excluding hydrogens is 306 g/mol. The molecule has 0 spiro atoms. The van der Waals surface area contributed by atoms with Crippen LogP contribution in [0.1, 0.15) is 11.7 Å². The van der Waals surface area contributed by atoms with Crippen LogP contribution in [0.5, 0.6) is 5.75 Å². The highest BCUT2D eigenvalue weighted by molar-refractivity contribution is 9.10. The molecule has 0 heterocycles. The summed E-state index contributed by atoms with van der Waals surface area (Å²) < 4.78 is 6.13. The van der Waals surface area contributed by atoms with Crippen LogP contribution in [0.3, 0.4) is 0 Å². The number of benzene rings is 2. The fraction of sp³-hybridized carbons (Fsp3) is 0.200. The number of ether oxygens (including phenoxy) is 1.